The first-order valence-electron chi connectivity index (χ1n) is 4.26. The maximum Gasteiger partial charge on any atom is 0.283 e. The lowest BCUT2D eigenvalue weighted by molar-refractivity contribution is -0.136. The van der Waals surface area contributed by atoms with Crippen LogP contribution in [0.25, 0.3) is 0 Å². The van der Waals surface area contributed by atoms with Gasteiger partial charge in [-0.2, -0.15) is 13.7 Å². The molecule has 8 heteroatoms. The third kappa shape index (κ3) is 2.03. The van der Waals surface area contributed by atoms with Crippen LogP contribution >= 0.6 is 0 Å². The minimum Gasteiger partial charge on any atom is -0.284 e. The van der Waals surface area contributed by atoms with Crippen LogP contribution in [0, 0.1) is 11.3 Å². The minimum atomic E-state index is -4.55. The monoisotopic (exact) mass is 231 g/mol. The molecule has 0 saturated carbocycles. The fraction of sp³-hybridized carbons (Fsp3) is 0.286. The Kier molecular flexibility index (Phi) is 2.26. The Balaban J connectivity index is 3.13. The van der Waals surface area contributed by atoms with Crippen molar-refractivity contribution in [2.75, 3.05) is 5.88 Å². The highest BCUT2D eigenvalue weighted by Gasteiger charge is 2.38. The Morgan fingerprint density at radius 2 is 2.13 bits per heavy atom. The zero-order chi connectivity index (χ0) is 12.5. The number of hydrogen-bond donors (Lipinski definition) is 1. The topological polar surface area (TPSA) is 116 Å². The molecule has 0 radical (unpaired) electrons. The Hall–Kier alpha value is -1.72. The summed E-state index contributed by atoms with van der Waals surface area (Å²) in [7, 11) is -4.55. The molecule has 1 rings (SSSR count). The average molecular weight is 231 g/mol. The number of imide groups is 1. The Bertz CT molecular complexity index is 529. The third-order valence-electron chi connectivity index (χ3n) is 1.67. The lowest BCUT2D eigenvalue weighted by atomic mass is 10.2. The average Bonchev–Trinajstić information content (AvgIpc) is 2.39. The Morgan fingerprint density at radius 3 is 2.47 bits per heavy atom. The van der Waals surface area contributed by atoms with E-state index in [-0.39, 0.29) is 10.5 Å². The summed E-state index contributed by atoms with van der Waals surface area (Å²) in [5.41, 5.74) is -0.917. The number of nitriles is 1. The van der Waals surface area contributed by atoms with Crippen LogP contribution in [-0.4, -0.2) is 35.6 Å². The number of nitrogens with zero attached hydrogens (tertiary/aromatic N) is 2. The van der Waals surface area contributed by atoms with E-state index in [9.17, 15) is 18.0 Å². The standard InChI is InChI=1S/C7H6N2O5S/c1-4-5(2-8)7(11)9(6(4)10)3-15(12,13)14/h3H2,1H3,(H,12,13,14)/i1D. The summed E-state index contributed by atoms with van der Waals surface area (Å²) >= 11 is 0. The zero-order valence-electron chi connectivity index (χ0n) is 8.30. The van der Waals surface area contributed by atoms with Crippen LogP contribution in [0.15, 0.2) is 11.1 Å². The van der Waals surface area contributed by atoms with Crippen LogP contribution in [0.4, 0.5) is 0 Å². The van der Waals surface area contributed by atoms with Crippen LogP contribution in [0.5, 0.6) is 0 Å². The first-order chi connectivity index (χ1) is 7.31. The van der Waals surface area contributed by atoms with Gasteiger partial charge in [0.25, 0.3) is 21.9 Å². The Morgan fingerprint density at radius 1 is 1.53 bits per heavy atom. The predicted molar refractivity (Wildman–Crippen MR) is 46.6 cm³/mol. The second-order valence-corrected chi connectivity index (χ2v) is 4.14. The summed E-state index contributed by atoms with van der Waals surface area (Å²) < 4.78 is 36.5. The molecule has 0 atom stereocenters. The molecule has 7 nitrogen and oxygen atoms in total. The summed E-state index contributed by atoms with van der Waals surface area (Å²) in [5.74, 6) is -3.35. The number of amides is 2. The normalized spacial score (nSPS) is 18.1. The number of carbonyl (C=O) groups is 2. The molecule has 15 heavy (non-hydrogen) atoms. The van der Waals surface area contributed by atoms with Crippen LogP contribution in [0.1, 0.15) is 8.27 Å². The molecule has 0 aromatic heterocycles. The highest BCUT2D eigenvalue weighted by molar-refractivity contribution is 7.85. The van der Waals surface area contributed by atoms with Gasteiger partial charge >= 0.3 is 0 Å². The molecule has 1 heterocycles. The molecule has 2 amide bonds. The molecule has 1 N–H and O–H groups in total. The van der Waals surface area contributed by atoms with Gasteiger partial charge in [-0.1, -0.05) is 0 Å². The number of carbonyl (C=O) groups excluding carboxylic acids is 2. The van der Waals surface area contributed by atoms with Crippen molar-refractivity contribution in [2.24, 2.45) is 0 Å². The van der Waals surface area contributed by atoms with E-state index in [1.165, 1.54) is 6.07 Å². The van der Waals surface area contributed by atoms with E-state index in [0.717, 1.165) is 0 Å². The number of rotatable bonds is 2. The van der Waals surface area contributed by atoms with Gasteiger partial charge in [-0.3, -0.25) is 19.0 Å². The molecule has 0 fully saturated rings. The van der Waals surface area contributed by atoms with Crippen LogP contribution in [-0.2, 0) is 19.7 Å². The van der Waals surface area contributed by atoms with E-state index in [2.05, 4.69) is 0 Å². The van der Waals surface area contributed by atoms with Crippen LogP contribution < -0.4 is 0 Å². The van der Waals surface area contributed by atoms with Gasteiger partial charge in [0.05, 0.1) is 0 Å². The summed E-state index contributed by atoms with van der Waals surface area (Å²) in [5, 5.41) is 8.57. The highest BCUT2D eigenvalue weighted by Crippen LogP contribution is 2.19. The molecule has 0 saturated heterocycles. The van der Waals surface area contributed by atoms with E-state index in [4.69, 9.17) is 11.2 Å². The maximum absolute atomic E-state index is 11.4. The van der Waals surface area contributed by atoms with E-state index in [1.54, 1.807) is 0 Å². The quantitative estimate of drug-likeness (QED) is 0.483. The summed E-state index contributed by atoms with van der Waals surface area (Å²) in [6, 6.07) is 1.43. The van der Waals surface area contributed by atoms with Crippen molar-refractivity contribution in [1.82, 2.24) is 4.90 Å². The first kappa shape index (κ1) is 9.82. The van der Waals surface area contributed by atoms with E-state index in [1.807, 2.05) is 0 Å². The SMILES string of the molecule is [2H]CC1=C(C#N)C(=O)N(CS(=O)(=O)O)C1=O. The lowest BCUT2D eigenvalue weighted by Gasteiger charge is -2.11. The first-order valence-corrected chi connectivity index (χ1v) is 5.16. The smallest absolute Gasteiger partial charge is 0.283 e. The van der Waals surface area contributed by atoms with E-state index < -0.39 is 40.3 Å². The highest BCUT2D eigenvalue weighted by atomic mass is 32.2. The summed E-state index contributed by atoms with van der Waals surface area (Å²) in [4.78, 5) is 23.0. The van der Waals surface area contributed by atoms with Crippen molar-refractivity contribution in [3.8, 4) is 6.07 Å². The van der Waals surface area contributed by atoms with Gasteiger partial charge in [0.2, 0.25) is 0 Å². The fourth-order valence-electron chi connectivity index (χ4n) is 1.02. The lowest BCUT2D eigenvalue weighted by Crippen LogP contribution is -2.36. The molecule has 0 spiro atoms. The zero-order valence-corrected chi connectivity index (χ0v) is 8.11. The summed E-state index contributed by atoms with van der Waals surface area (Å²) in [6.45, 7) is -0.602. The van der Waals surface area contributed by atoms with Crippen LogP contribution in [0.3, 0.4) is 0 Å². The third-order valence-corrected chi connectivity index (χ3v) is 2.25. The molecule has 0 aliphatic carbocycles. The molecule has 80 valence electrons. The molecule has 0 aromatic carbocycles. The van der Waals surface area contributed by atoms with Crippen molar-refractivity contribution in [3.05, 3.63) is 11.1 Å². The maximum atomic E-state index is 11.4. The second-order valence-electron chi connectivity index (χ2n) is 2.71. The molecular formula is C7H6N2O5S. The van der Waals surface area contributed by atoms with E-state index >= 15 is 0 Å². The van der Waals surface area contributed by atoms with Crippen molar-refractivity contribution in [2.45, 2.75) is 6.90 Å². The van der Waals surface area contributed by atoms with Crippen molar-refractivity contribution in [1.29, 1.82) is 5.26 Å². The molecule has 0 bridgehead atoms. The van der Waals surface area contributed by atoms with Crippen molar-refractivity contribution >= 4 is 21.9 Å². The van der Waals surface area contributed by atoms with Gasteiger partial charge in [-0.25, -0.2) is 0 Å². The molecule has 1 aliphatic rings. The fourth-order valence-corrected chi connectivity index (χ4v) is 1.58. The van der Waals surface area contributed by atoms with Gasteiger partial charge in [-0.15, -0.1) is 0 Å². The van der Waals surface area contributed by atoms with Gasteiger partial charge in [0, 0.05) is 6.94 Å². The van der Waals surface area contributed by atoms with E-state index in [0.29, 0.717) is 0 Å². The predicted octanol–water partition coefficient (Wildman–Crippen LogP) is -0.959. The van der Waals surface area contributed by atoms with Gasteiger partial charge in [0.1, 0.15) is 11.6 Å². The second kappa shape index (κ2) is 3.45. The van der Waals surface area contributed by atoms with Crippen molar-refractivity contribution in [3.63, 3.8) is 0 Å². The minimum absolute atomic E-state index is 0.220. The molecular weight excluding hydrogens is 224 g/mol. The van der Waals surface area contributed by atoms with Gasteiger partial charge in [0.15, 0.2) is 5.88 Å². The molecule has 0 unspecified atom stereocenters. The molecule has 1 aliphatic heterocycles. The van der Waals surface area contributed by atoms with Gasteiger partial charge < -0.3 is 0 Å². The van der Waals surface area contributed by atoms with Crippen molar-refractivity contribution < 1.29 is 23.9 Å². The summed E-state index contributed by atoms with van der Waals surface area (Å²) in [6.07, 6.45) is 0. The number of hydrogen-bond acceptors (Lipinski definition) is 5. The van der Waals surface area contributed by atoms with Gasteiger partial charge in [-0.05, 0) is 6.90 Å². The van der Waals surface area contributed by atoms with Crippen LogP contribution in [0.2, 0.25) is 0 Å². The molecule has 0 aromatic rings. The Labute approximate surface area is 86.7 Å². The largest absolute Gasteiger partial charge is 0.284 e.